The number of allylic oxidation sites excluding steroid dienone is 3. The van der Waals surface area contributed by atoms with Crippen LogP contribution in [0.2, 0.25) is 0 Å². The van der Waals surface area contributed by atoms with E-state index in [2.05, 4.69) is 0 Å². The highest BCUT2D eigenvalue weighted by Gasteiger charge is 2.29. The van der Waals surface area contributed by atoms with Crippen molar-refractivity contribution in [3.8, 4) is 0 Å². The predicted octanol–water partition coefficient (Wildman–Crippen LogP) is 1.57. The van der Waals surface area contributed by atoms with E-state index in [0.717, 1.165) is 5.57 Å². The smallest absolute Gasteiger partial charge is 0.104 e. The SMILES string of the molecule is CC1=CCC(C)(S(=O)(=O)[O-])C=C1.[NH4+]. The Kier molecular flexibility index (Phi) is 3.43. The van der Waals surface area contributed by atoms with Crippen molar-refractivity contribution in [3.05, 3.63) is 23.8 Å². The molecule has 0 aromatic carbocycles. The largest absolute Gasteiger partial charge is 0.747 e. The van der Waals surface area contributed by atoms with E-state index >= 15 is 0 Å². The Balaban J connectivity index is 0.00000144. The highest BCUT2D eigenvalue weighted by molar-refractivity contribution is 7.87. The molecule has 0 aliphatic heterocycles. The van der Waals surface area contributed by atoms with Crippen molar-refractivity contribution in [1.29, 1.82) is 0 Å². The molecule has 13 heavy (non-hydrogen) atoms. The third-order valence-corrected chi connectivity index (χ3v) is 3.54. The molecule has 4 N–H and O–H groups in total. The van der Waals surface area contributed by atoms with Gasteiger partial charge in [0.25, 0.3) is 0 Å². The van der Waals surface area contributed by atoms with Gasteiger partial charge in [-0.1, -0.05) is 23.8 Å². The minimum atomic E-state index is -4.23. The monoisotopic (exact) mass is 205 g/mol. The summed E-state index contributed by atoms with van der Waals surface area (Å²) in [5.74, 6) is 0. The summed E-state index contributed by atoms with van der Waals surface area (Å²) in [5, 5.41) is 0. The van der Waals surface area contributed by atoms with Crippen molar-refractivity contribution in [1.82, 2.24) is 6.15 Å². The first-order valence-electron chi connectivity index (χ1n) is 3.67. The van der Waals surface area contributed by atoms with Gasteiger partial charge in [0.1, 0.15) is 10.1 Å². The zero-order valence-corrected chi connectivity index (χ0v) is 8.89. The van der Waals surface area contributed by atoms with E-state index in [1.807, 2.05) is 6.92 Å². The molecule has 1 rings (SSSR count). The quantitative estimate of drug-likeness (QED) is 0.658. The molecule has 0 aromatic heterocycles. The average Bonchev–Trinajstić information content (AvgIpc) is 1.93. The van der Waals surface area contributed by atoms with Crippen molar-refractivity contribution in [2.75, 3.05) is 0 Å². The Morgan fingerprint density at radius 3 is 2.38 bits per heavy atom. The fourth-order valence-corrected chi connectivity index (χ4v) is 1.52. The fraction of sp³-hybridized carbons (Fsp3) is 0.500. The molecule has 5 heteroatoms. The highest BCUT2D eigenvalue weighted by atomic mass is 32.2. The van der Waals surface area contributed by atoms with Gasteiger partial charge in [-0.3, -0.25) is 0 Å². The van der Waals surface area contributed by atoms with Crippen LogP contribution in [0.25, 0.3) is 0 Å². The second-order valence-electron chi connectivity index (χ2n) is 3.25. The summed E-state index contributed by atoms with van der Waals surface area (Å²) in [7, 11) is -4.23. The normalized spacial score (nSPS) is 27.8. The predicted molar refractivity (Wildman–Crippen MR) is 51.6 cm³/mol. The number of hydrogen-bond acceptors (Lipinski definition) is 3. The Morgan fingerprint density at radius 2 is 2.08 bits per heavy atom. The van der Waals surface area contributed by atoms with Gasteiger partial charge in [-0.15, -0.1) is 0 Å². The van der Waals surface area contributed by atoms with Gasteiger partial charge in [0.15, 0.2) is 0 Å². The molecular formula is C8H15NO3S. The van der Waals surface area contributed by atoms with Crippen LogP contribution < -0.4 is 6.15 Å². The molecule has 1 atom stereocenters. The van der Waals surface area contributed by atoms with E-state index < -0.39 is 14.9 Å². The maximum absolute atomic E-state index is 10.8. The first-order valence-corrected chi connectivity index (χ1v) is 5.07. The van der Waals surface area contributed by atoms with Crippen molar-refractivity contribution in [2.24, 2.45) is 0 Å². The van der Waals surface area contributed by atoms with Crippen LogP contribution in [0, 0.1) is 0 Å². The molecule has 0 saturated carbocycles. The standard InChI is InChI=1S/C8H12O3S.H3N/c1-7-3-5-8(2,6-4-7)12(9,10)11;/h3-5H,6H2,1-2H3,(H,9,10,11);1H3. The molecule has 4 nitrogen and oxygen atoms in total. The van der Waals surface area contributed by atoms with Crippen LogP contribution in [0.15, 0.2) is 23.8 Å². The van der Waals surface area contributed by atoms with E-state index in [4.69, 9.17) is 0 Å². The van der Waals surface area contributed by atoms with Crippen LogP contribution >= 0.6 is 0 Å². The average molecular weight is 205 g/mol. The molecular weight excluding hydrogens is 190 g/mol. The zero-order chi connectivity index (χ0) is 9.41. The van der Waals surface area contributed by atoms with Gasteiger partial charge in [0, 0.05) is 0 Å². The van der Waals surface area contributed by atoms with Crippen LogP contribution in [0.1, 0.15) is 20.3 Å². The van der Waals surface area contributed by atoms with E-state index in [0.29, 0.717) is 0 Å². The summed E-state index contributed by atoms with van der Waals surface area (Å²) in [4.78, 5) is 0. The van der Waals surface area contributed by atoms with Crippen molar-refractivity contribution in [2.45, 2.75) is 25.0 Å². The third-order valence-electron chi connectivity index (χ3n) is 2.10. The molecule has 1 aliphatic carbocycles. The molecule has 76 valence electrons. The topological polar surface area (TPSA) is 93.7 Å². The van der Waals surface area contributed by atoms with Crippen molar-refractivity contribution < 1.29 is 13.0 Å². The molecule has 0 heterocycles. The molecule has 0 aromatic rings. The molecule has 0 spiro atoms. The Hall–Kier alpha value is -0.650. The Labute approximate surface area is 78.7 Å². The lowest BCUT2D eigenvalue weighted by molar-refractivity contribution is 0.434. The van der Waals surface area contributed by atoms with Crippen LogP contribution in [0.5, 0.6) is 0 Å². The van der Waals surface area contributed by atoms with Gasteiger partial charge < -0.3 is 10.7 Å². The van der Waals surface area contributed by atoms with Gasteiger partial charge in [-0.05, 0) is 20.3 Å². The summed E-state index contributed by atoms with van der Waals surface area (Å²) in [6.45, 7) is 3.31. The molecule has 0 saturated heterocycles. The molecule has 1 unspecified atom stereocenters. The molecule has 0 bridgehead atoms. The number of hydrogen-bond donors (Lipinski definition) is 1. The van der Waals surface area contributed by atoms with Crippen LogP contribution in [-0.2, 0) is 10.1 Å². The second kappa shape index (κ2) is 3.61. The van der Waals surface area contributed by atoms with Gasteiger partial charge in [-0.25, -0.2) is 8.42 Å². The molecule has 0 radical (unpaired) electrons. The molecule has 0 amide bonds. The van der Waals surface area contributed by atoms with Crippen LogP contribution in [-0.4, -0.2) is 17.7 Å². The maximum atomic E-state index is 10.8. The number of rotatable bonds is 1. The lowest BCUT2D eigenvalue weighted by atomic mass is 9.98. The minimum absolute atomic E-state index is 0. The first kappa shape index (κ1) is 12.3. The van der Waals surface area contributed by atoms with Gasteiger partial charge in [0.05, 0.1) is 4.75 Å². The summed E-state index contributed by atoms with van der Waals surface area (Å²) >= 11 is 0. The van der Waals surface area contributed by atoms with Crippen molar-refractivity contribution in [3.63, 3.8) is 0 Å². The summed E-state index contributed by atoms with van der Waals surface area (Å²) in [5.41, 5.74) is 0.996. The van der Waals surface area contributed by atoms with E-state index in [-0.39, 0.29) is 12.6 Å². The van der Waals surface area contributed by atoms with Crippen LogP contribution in [0.3, 0.4) is 0 Å². The Morgan fingerprint density at radius 1 is 1.54 bits per heavy atom. The first-order chi connectivity index (χ1) is 5.35. The van der Waals surface area contributed by atoms with Crippen LogP contribution in [0.4, 0.5) is 0 Å². The van der Waals surface area contributed by atoms with E-state index in [1.165, 1.54) is 13.0 Å². The third kappa shape index (κ3) is 2.40. The van der Waals surface area contributed by atoms with E-state index in [1.54, 1.807) is 12.2 Å². The van der Waals surface area contributed by atoms with Crippen molar-refractivity contribution >= 4 is 10.1 Å². The zero-order valence-electron chi connectivity index (χ0n) is 8.07. The maximum Gasteiger partial charge on any atom is 0.104 e. The summed E-state index contributed by atoms with van der Waals surface area (Å²) in [6.07, 6.45) is 5.17. The summed E-state index contributed by atoms with van der Waals surface area (Å²) < 4.78 is 31.1. The lowest BCUT2D eigenvalue weighted by Crippen LogP contribution is -2.33. The Bertz CT molecular complexity index is 342. The fourth-order valence-electron chi connectivity index (χ4n) is 0.993. The summed E-state index contributed by atoms with van der Waals surface area (Å²) in [6, 6.07) is 0. The molecule has 0 fully saturated rings. The minimum Gasteiger partial charge on any atom is -0.747 e. The second-order valence-corrected chi connectivity index (χ2v) is 5.09. The van der Waals surface area contributed by atoms with Gasteiger partial charge >= 0.3 is 0 Å². The molecule has 1 aliphatic rings. The van der Waals surface area contributed by atoms with Gasteiger partial charge in [0.2, 0.25) is 0 Å². The van der Waals surface area contributed by atoms with E-state index in [9.17, 15) is 13.0 Å². The number of quaternary nitrogens is 1. The lowest BCUT2D eigenvalue weighted by Gasteiger charge is -2.30. The van der Waals surface area contributed by atoms with Gasteiger partial charge in [-0.2, -0.15) is 0 Å². The highest BCUT2D eigenvalue weighted by Crippen LogP contribution is 2.27.